The Morgan fingerprint density at radius 1 is 1.11 bits per heavy atom. The lowest BCUT2D eigenvalue weighted by Crippen LogP contribution is -2.30. The number of aromatic nitrogens is 1. The van der Waals surface area contributed by atoms with E-state index >= 15 is 0 Å². The maximum Gasteiger partial charge on any atom is 0.222 e. The molecule has 0 saturated carbocycles. The van der Waals surface area contributed by atoms with Gasteiger partial charge in [0.1, 0.15) is 19.0 Å². The number of alkyl halides is 2. The molecule has 200 valence electrons. The number of hydrogen-bond donors (Lipinski definition) is 1. The Morgan fingerprint density at radius 3 is 2.51 bits per heavy atom. The van der Waals surface area contributed by atoms with Crippen molar-refractivity contribution in [3.05, 3.63) is 48.3 Å². The molecule has 1 aromatic heterocycles. The molecule has 7 nitrogen and oxygen atoms in total. The molecule has 1 heterocycles. The molecule has 0 radical (unpaired) electrons. The monoisotopic (exact) mass is 518 g/mol. The number of nitrogens with one attached hydrogen (secondary N) is 1. The summed E-state index contributed by atoms with van der Waals surface area (Å²) in [7, 11) is 4.75. The first kappa shape index (κ1) is 28.0. The van der Waals surface area contributed by atoms with Gasteiger partial charge < -0.3 is 24.6 Å². The summed E-state index contributed by atoms with van der Waals surface area (Å²) in [6.07, 6.45) is 0.482. The molecule has 3 rings (SSSR count). The van der Waals surface area contributed by atoms with Gasteiger partial charge >= 0.3 is 0 Å². The Hall–Kier alpha value is -3.53. The van der Waals surface area contributed by atoms with Crippen LogP contribution in [0.5, 0.6) is 11.5 Å². The fourth-order valence-electron chi connectivity index (χ4n) is 3.88. The van der Waals surface area contributed by atoms with E-state index in [-0.39, 0.29) is 31.2 Å². The highest BCUT2D eigenvalue weighted by atomic mass is 19.1. The third-order valence-corrected chi connectivity index (χ3v) is 5.98. The van der Waals surface area contributed by atoms with E-state index < -0.39 is 19.3 Å². The number of pyridine rings is 1. The third kappa shape index (κ3) is 7.25. The van der Waals surface area contributed by atoms with E-state index in [1.807, 2.05) is 31.3 Å². The predicted octanol–water partition coefficient (Wildman–Crippen LogP) is 4.59. The summed E-state index contributed by atoms with van der Waals surface area (Å²) in [6.45, 7) is -0.00804. The number of hydrogen-bond acceptors (Lipinski definition) is 6. The lowest BCUT2D eigenvalue weighted by atomic mass is 10.1. The summed E-state index contributed by atoms with van der Waals surface area (Å²) >= 11 is 0. The van der Waals surface area contributed by atoms with E-state index in [1.165, 1.54) is 36.1 Å². The number of nitrogens with zero attached hydrogens (tertiary/aromatic N) is 3. The van der Waals surface area contributed by atoms with Gasteiger partial charge in [-0.25, -0.2) is 18.2 Å². The minimum atomic E-state index is -0.848. The molecule has 1 amide bonds. The van der Waals surface area contributed by atoms with Crippen LogP contribution >= 0.6 is 0 Å². The van der Waals surface area contributed by atoms with Crippen LogP contribution in [0.3, 0.4) is 0 Å². The Morgan fingerprint density at radius 2 is 1.86 bits per heavy atom. The number of anilines is 1. The first-order valence-corrected chi connectivity index (χ1v) is 12.1. The second-order valence-corrected chi connectivity index (χ2v) is 8.50. The number of amides is 1. The molecule has 0 spiro atoms. The average Bonchev–Trinajstić information content (AvgIpc) is 2.91. The van der Waals surface area contributed by atoms with Gasteiger partial charge in [-0.3, -0.25) is 4.79 Å². The lowest BCUT2D eigenvalue weighted by Gasteiger charge is -2.24. The summed E-state index contributed by atoms with van der Waals surface area (Å²) in [4.78, 5) is 19.6. The lowest BCUT2D eigenvalue weighted by molar-refractivity contribution is -0.130. The summed E-state index contributed by atoms with van der Waals surface area (Å²) in [6, 6.07) is 11.8. The minimum Gasteiger partial charge on any atom is -0.494 e. The number of methoxy groups -OCH3 is 1. The minimum absolute atomic E-state index is 0.0183. The summed E-state index contributed by atoms with van der Waals surface area (Å²) in [5, 5.41) is 3.44. The van der Waals surface area contributed by atoms with Gasteiger partial charge in [-0.15, -0.1) is 0 Å². The van der Waals surface area contributed by atoms with Crippen molar-refractivity contribution in [2.24, 2.45) is 0 Å². The van der Waals surface area contributed by atoms with E-state index in [0.717, 1.165) is 5.56 Å². The Labute approximate surface area is 215 Å². The van der Waals surface area contributed by atoms with Gasteiger partial charge in [0.25, 0.3) is 0 Å². The molecule has 1 N–H and O–H groups in total. The smallest absolute Gasteiger partial charge is 0.222 e. The highest BCUT2D eigenvalue weighted by Crippen LogP contribution is 2.35. The molecule has 10 heteroatoms. The highest BCUT2D eigenvalue weighted by Gasteiger charge is 2.18. The van der Waals surface area contributed by atoms with Crippen molar-refractivity contribution in [2.45, 2.75) is 12.8 Å². The van der Waals surface area contributed by atoms with Crippen molar-refractivity contribution in [1.29, 1.82) is 0 Å². The summed E-state index contributed by atoms with van der Waals surface area (Å²) in [5.74, 6) is -0.0681. The van der Waals surface area contributed by atoms with E-state index in [0.29, 0.717) is 47.6 Å². The zero-order chi connectivity index (χ0) is 26.8. The van der Waals surface area contributed by atoms with Crippen LogP contribution < -0.4 is 19.7 Å². The van der Waals surface area contributed by atoms with Crippen LogP contribution in [0.25, 0.3) is 22.2 Å². The third-order valence-electron chi connectivity index (χ3n) is 5.98. The highest BCUT2D eigenvalue weighted by molar-refractivity contribution is 5.95. The second-order valence-electron chi connectivity index (χ2n) is 8.50. The number of halogens is 3. The number of carbonyl (C=O) groups excluding carboxylic acids is 1. The molecule has 0 aliphatic rings. The normalized spacial score (nSPS) is 11.0. The van der Waals surface area contributed by atoms with Crippen LogP contribution in [-0.4, -0.2) is 76.7 Å². The van der Waals surface area contributed by atoms with Gasteiger partial charge in [-0.2, -0.15) is 0 Å². The summed E-state index contributed by atoms with van der Waals surface area (Å²) in [5.41, 5.74) is 2.23. The van der Waals surface area contributed by atoms with E-state index in [9.17, 15) is 18.0 Å². The number of fused-ring (bicyclic) bond motifs is 1. The second kappa shape index (κ2) is 13.7. The Balaban J connectivity index is 1.93. The van der Waals surface area contributed by atoms with E-state index in [1.54, 1.807) is 6.07 Å². The predicted molar refractivity (Wildman–Crippen MR) is 139 cm³/mol. The Kier molecular flexibility index (Phi) is 10.4. The number of rotatable bonds is 14. The first-order valence-electron chi connectivity index (χ1n) is 12.1. The summed E-state index contributed by atoms with van der Waals surface area (Å²) < 4.78 is 52.2. The SMILES string of the molecule is CNCCOc1ccc(-c2cc(N(CF)CCCC(=O)N(C)CCF)c3cc(F)c(OC)cc3n2)cc1. The van der Waals surface area contributed by atoms with Crippen molar-refractivity contribution >= 4 is 22.5 Å². The van der Waals surface area contributed by atoms with Crippen LogP contribution in [0.1, 0.15) is 12.8 Å². The molecule has 0 bridgehead atoms. The molecule has 0 unspecified atom stereocenters. The van der Waals surface area contributed by atoms with Crippen LogP contribution in [0, 0.1) is 5.82 Å². The van der Waals surface area contributed by atoms with Gasteiger partial charge in [-0.1, -0.05) is 0 Å². The zero-order valence-electron chi connectivity index (χ0n) is 21.4. The molecule has 0 aliphatic heterocycles. The first-order chi connectivity index (χ1) is 17.9. The fourth-order valence-corrected chi connectivity index (χ4v) is 3.88. The molecule has 0 fully saturated rings. The van der Waals surface area contributed by atoms with Crippen LogP contribution in [-0.2, 0) is 4.79 Å². The van der Waals surface area contributed by atoms with Crippen LogP contribution in [0.2, 0.25) is 0 Å². The van der Waals surface area contributed by atoms with Crippen molar-refractivity contribution in [3.8, 4) is 22.8 Å². The maximum atomic E-state index is 14.6. The van der Waals surface area contributed by atoms with Gasteiger partial charge in [0.15, 0.2) is 18.4 Å². The topological polar surface area (TPSA) is 66.9 Å². The van der Waals surface area contributed by atoms with E-state index in [2.05, 4.69) is 10.3 Å². The molecule has 3 aromatic rings. The average molecular weight is 519 g/mol. The fraction of sp³-hybridized carbons (Fsp3) is 0.407. The largest absolute Gasteiger partial charge is 0.494 e. The zero-order valence-corrected chi connectivity index (χ0v) is 21.4. The van der Waals surface area contributed by atoms with Crippen molar-refractivity contribution in [2.75, 3.05) is 65.8 Å². The molecule has 0 saturated heterocycles. The van der Waals surface area contributed by atoms with Crippen molar-refractivity contribution in [1.82, 2.24) is 15.2 Å². The van der Waals surface area contributed by atoms with Crippen LogP contribution in [0.4, 0.5) is 18.9 Å². The maximum absolute atomic E-state index is 14.6. The van der Waals surface area contributed by atoms with Gasteiger partial charge in [0.2, 0.25) is 5.91 Å². The quantitative estimate of drug-likeness (QED) is 0.249. The standard InChI is InChI=1S/C27H33F3N4O3/c1-31-11-14-37-20-8-6-19(7-9-20)23-16-25(21-15-22(30)26(36-3)17-24(21)32-23)34(18-29)12-4-5-27(35)33(2)13-10-28/h6-9,15-17,31H,4-5,10-14,18H2,1-3H3. The van der Waals surface area contributed by atoms with Crippen molar-refractivity contribution < 1.29 is 27.4 Å². The van der Waals surface area contributed by atoms with E-state index in [4.69, 9.17) is 9.47 Å². The van der Waals surface area contributed by atoms with Crippen molar-refractivity contribution in [3.63, 3.8) is 0 Å². The molecule has 37 heavy (non-hydrogen) atoms. The van der Waals surface area contributed by atoms with Gasteiger partial charge in [-0.05, 0) is 49.9 Å². The molecular weight excluding hydrogens is 485 g/mol. The number of likely N-dealkylation sites (N-methyl/N-ethyl adjacent to an activating group) is 1. The van der Waals surface area contributed by atoms with Gasteiger partial charge in [0.05, 0.1) is 24.0 Å². The number of ether oxygens (including phenoxy) is 2. The number of benzene rings is 2. The molecule has 0 atom stereocenters. The molecule has 2 aromatic carbocycles. The molecular formula is C27H33F3N4O3. The Bertz CT molecular complexity index is 1180. The van der Waals surface area contributed by atoms with Gasteiger partial charge in [0, 0.05) is 50.1 Å². The number of carbonyl (C=O) groups is 1. The van der Waals surface area contributed by atoms with Crippen LogP contribution in [0.15, 0.2) is 42.5 Å². The molecule has 0 aliphatic carbocycles.